The third kappa shape index (κ3) is 2.39. The van der Waals surface area contributed by atoms with Crippen molar-refractivity contribution in [1.82, 2.24) is 9.38 Å². The minimum atomic E-state index is -0.396. The number of thiazole rings is 1. The molecule has 3 aromatic rings. The summed E-state index contributed by atoms with van der Waals surface area (Å²) in [7, 11) is 0. The lowest BCUT2D eigenvalue weighted by Crippen LogP contribution is -2.18. The van der Waals surface area contributed by atoms with E-state index in [9.17, 15) is 10.1 Å². The first-order valence-electron chi connectivity index (χ1n) is 6.02. The van der Waals surface area contributed by atoms with Crippen LogP contribution in [-0.4, -0.2) is 20.3 Å². The summed E-state index contributed by atoms with van der Waals surface area (Å²) in [5.74, 6) is 0.336. The summed E-state index contributed by atoms with van der Waals surface area (Å²) >= 11 is 3.03. The van der Waals surface area contributed by atoms with Crippen molar-refractivity contribution in [1.29, 1.82) is 0 Å². The molecule has 0 fully saturated rings. The van der Waals surface area contributed by atoms with Crippen LogP contribution >= 0.6 is 22.7 Å². The molecular weight excluding hydrogens is 296 g/mol. The second-order valence-corrected chi connectivity index (χ2v) is 6.13. The highest BCUT2D eigenvalue weighted by Crippen LogP contribution is 2.28. The van der Waals surface area contributed by atoms with Crippen LogP contribution in [0, 0.1) is 10.1 Å². The standard InChI is InChI=1S/C12H12N4O2S2/c1-8(6-9-2-4-19-7-9)13-10-11(16(17)18)15-3-5-20-12(15)14-10/h2-5,7-8,13H,6H2,1H3. The molecule has 104 valence electrons. The molecule has 0 aromatic carbocycles. The van der Waals surface area contributed by atoms with Gasteiger partial charge in [-0.3, -0.25) is 0 Å². The Kier molecular flexibility index (Phi) is 3.41. The van der Waals surface area contributed by atoms with Gasteiger partial charge in [-0.2, -0.15) is 20.7 Å². The van der Waals surface area contributed by atoms with Gasteiger partial charge in [0.25, 0.3) is 4.96 Å². The second-order valence-electron chi connectivity index (χ2n) is 4.48. The molecule has 0 saturated carbocycles. The molecule has 0 radical (unpaired) electrons. The van der Waals surface area contributed by atoms with E-state index >= 15 is 0 Å². The van der Waals surface area contributed by atoms with Gasteiger partial charge in [0.05, 0.1) is 0 Å². The average molecular weight is 308 g/mol. The predicted octanol–water partition coefficient (Wildman–Crippen LogP) is 3.41. The number of hydrogen-bond acceptors (Lipinski definition) is 6. The Hall–Kier alpha value is -1.93. The van der Waals surface area contributed by atoms with E-state index in [1.165, 1.54) is 21.3 Å². The molecular formula is C12H12N4O2S2. The van der Waals surface area contributed by atoms with Crippen LogP contribution in [0.5, 0.6) is 0 Å². The minimum absolute atomic E-state index is 0.00146. The second kappa shape index (κ2) is 5.22. The summed E-state index contributed by atoms with van der Waals surface area (Å²) in [5.41, 5.74) is 1.22. The molecule has 0 amide bonds. The average Bonchev–Trinajstić information content (AvgIpc) is 3.04. The quantitative estimate of drug-likeness (QED) is 0.579. The number of nitrogens with zero attached hydrogens (tertiary/aromatic N) is 3. The van der Waals surface area contributed by atoms with Gasteiger partial charge in [0.15, 0.2) is 0 Å². The molecule has 3 rings (SSSR count). The van der Waals surface area contributed by atoms with E-state index in [1.807, 2.05) is 12.3 Å². The van der Waals surface area contributed by atoms with Crippen LogP contribution < -0.4 is 5.32 Å². The number of aromatic nitrogens is 2. The van der Waals surface area contributed by atoms with Crippen LogP contribution in [0.15, 0.2) is 28.4 Å². The lowest BCUT2D eigenvalue weighted by molar-refractivity contribution is -0.389. The number of anilines is 1. The van der Waals surface area contributed by atoms with Crippen molar-refractivity contribution in [2.45, 2.75) is 19.4 Å². The van der Waals surface area contributed by atoms with E-state index in [4.69, 9.17) is 0 Å². The summed E-state index contributed by atoms with van der Waals surface area (Å²) in [4.78, 5) is 15.7. The van der Waals surface area contributed by atoms with E-state index in [-0.39, 0.29) is 11.9 Å². The monoisotopic (exact) mass is 308 g/mol. The van der Waals surface area contributed by atoms with Crippen molar-refractivity contribution in [3.8, 4) is 0 Å². The zero-order chi connectivity index (χ0) is 14.1. The number of nitro groups is 1. The molecule has 0 spiro atoms. The topological polar surface area (TPSA) is 72.5 Å². The van der Waals surface area contributed by atoms with E-state index in [0.717, 1.165) is 6.42 Å². The first-order chi connectivity index (χ1) is 9.65. The van der Waals surface area contributed by atoms with E-state index < -0.39 is 4.92 Å². The Balaban J connectivity index is 1.84. The maximum Gasteiger partial charge on any atom is 0.372 e. The molecule has 0 aliphatic heterocycles. The number of fused-ring (bicyclic) bond motifs is 1. The number of rotatable bonds is 5. The molecule has 20 heavy (non-hydrogen) atoms. The first kappa shape index (κ1) is 13.1. The maximum atomic E-state index is 11.2. The number of hydrogen-bond donors (Lipinski definition) is 1. The number of nitrogens with one attached hydrogen (secondary N) is 1. The van der Waals surface area contributed by atoms with Crippen LogP contribution in [0.4, 0.5) is 11.6 Å². The van der Waals surface area contributed by atoms with Crippen molar-refractivity contribution in [3.05, 3.63) is 44.1 Å². The molecule has 0 aliphatic rings. The molecule has 3 heterocycles. The molecule has 1 N–H and O–H groups in total. The Bertz CT molecular complexity index is 732. The Morgan fingerprint density at radius 3 is 3.10 bits per heavy atom. The van der Waals surface area contributed by atoms with Gasteiger partial charge in [-0.25, -0.2) is 0 Å². The fourth-order valence-electron chi connectivity index (χ4n) is 2.09. The van der Waals surface area contributed by atoms with Crippen molar-refractivity contribution in [2.24, 2.45) is 0 Å². The third-order valence-electron chi connectivity index (χ3n) is 2.91. The zero-order valence-corrected chi connectivity index (χ0v) is 12.3. The molecule has 1 unspecified atom stereocenters. The third-order valence-corrected chi connectivity index (χ3v) is 4.40. The zero-order valence-electron chi connectivity index (χ0n) is 10.6. The fourth-order valence-corrected chi connectivity index (χ4v) is 3.48. The highest BCUT2D eigenvalue weighted by Gasteiger charge is 2.24. The molecule has 3 aromatic heterocycles. The molecule has 0 saturated heterocycles. The summed E-state index contributed by atoms with van der Waals surface area (Å²) in [5, 5.41) is 20.2. The SMILES string of the molecule is CC(Cc1ccsc1)Nc1nc2sccn2c1[N+](=O)[O-]. The van der Waals surface area contributed by atoms with E-state index in [0.29, 0.717) is 10.8 Å². The van der Waals surface area contributed by atoms with Crippen LogP contribution in [0.3, 0.4) is 0 Å². The Labute approximate surface area is 122 Å². The predicted molar refractivity (Wildman–Crippen MR) is 80.8 cm³/mol. The van der Waals surface area contributed by atoms with Crippen molar-refractivity contribution in [2.75, 3.05) is 5.32 Å². The summed E-state index contributed by atoms with van der Waals surface area (Å²) in [6.07, 6.45) is 2.48. The lowest BCUT2D eigenvalue weighted by atomic mass is 10.1. The van der Waals surface area contributed by atoms with Crippen LogP contribution in [-0.2, 0) is 6.42 Å². The smallest absolute Gasteiger partial charge is 0.360 e. The highest BCUT2D eigenvalue weighted by atomic mass is 32.1. The van der Waals surface area contributed by atoms with Crippen LogP contribution in [0.2, 0.25) is 0 Å². The van der Waals surface area contributed by atoms with Gasteiger partial charge in [0.2, 0.25) is 5.82 Å². The highest BCUT2D eigenvalue weighted by molar-refractivity contribution is 7.15. The Morgan fingerprint density at radius 2 is 2.40 bits per heavy atom. The summed E-state index contributed by atoms with van der Waals surface area (Å²) in [6.45, 7) is 1.99. The van der Waals surface area contributed by atoms with Gasteiger partial charge in [-0.15, -0.1) is 0 Å². The van der Waals surface area contributed by atoms with Crippen molar-refractivity contribution >= 4 is 39.3 Å². The molecule has 0 bridgehead atoms. The normalized spacial score (nSPS) is 12.7. The molecule has 6 nitrogen and oxygen atoms in total. The molecule has 8 heteroatoms. The first-order valence-corrected chi connectivity index (χ1v) is 7.85. The van der Waals surface area contributed by atoms with E-state index in [2.05, 4.69) is 21.7 Å². The van der Waals surface area contributed by atoms with Gasteiger partial charge in [-0.05, 0) is 40.7 Å². The minimum Gasteiger partial charge on any atom is -0.360 e. The van der Waals surface area contributed by atoms with Crippen molar-refractivity contribution in [3.63, 3.8) is 0 Å². The fraction of sp³-hybridized carbons (Fsp3) is 0.250. The Morgan fingerprint density at radius 1 is 1.55 bits per heavy atom. The summed E-state index contributed by atoms with van der Waals surface area (Å²) < 4.78 is 1.50. The number of imidazole rings is 1. The van der Waals surface area contributed by atoms with Crippen LogP contribution in [0.1, 0.15) is 12.5 Å². The molecule has 0 aliphatic carbocycles. The van der Waals surface area contributed by atoms with Gasteiger partial charge < -0.3 is 15.4 Å². The van der Waals surface area contributed by atoms with Crippen molar-refractivity contribution < 1.29 is 4.92 Å². The van der Waals surface area contributed by atoms with Gasteiger partial charge in [0, 0.05) is 11.4 Å². The maximum absolute atomic E-state index is 11.2. The number of thiophene rings is 1. The van der Waals surface area contributed by atoms with Gasteiger partial charge in [-0.1, -0.05) is 11.3 Å². The lowest BCUT2D eigenvalue weighted by Gasteiger charge is -2.11. The van der Waals surface area contributed by atoms with E-state index in [1.54, 1.807) is 22.9 Å². The molecule has 1 atom stereocenters. The summed E-state index contributed by atoms with van der Waals surface area (Å²) in [6, 6.07) is 2.14. The van der Waals surface area contributed by atoms with Crippen LogP contribution in [0.25, 0.3) is 4.96 Å². The van der Waals surface area contributed by atoms with Gasteiger partial charge in [0.1, 0.15) is 6.20 Å². The largest absolute Gasteiger partial charge is 0.372 e. The van der Waals surface area contributed by atoms with Gasteiger partial charge >= 0.3 is 5.82 Å².